The number of rotatable bonds is 4. The number of hydrogen-bond donors (Lipinski definition) is 0. The molecule has 0 amide bonds. The summed E-state index contributed by atoms with van der Waals surface area (Å²) in [6, 6.07) is 0. The highest BCUT2D eigenvalue weighted by molar-refractivity contribution is 6.23. The molecule has 9 heavy (non-hydrogen) atoms. The molecule has 0 saturated heterocycles. The van der Waals surface area contributed by atoms with Gasteiger partial charge in [0.15, 0.2) is 0 Å². The van der Waals surface area contributed by atoms with E-state index in [-0.39, 0.29) is 10.8 Å². The van der Waals surface area contributed by atoms with Gasteiger partial charge >= 0.3 is 0 Å². The maximum atomic E-state index is 5.85. The van der Waals surface area contributed by atoms with Crippen molar-refractivity contribution in [3.63, 3.8) is 0 Å². The van der Waals surface area contributed by atoms with Gasteiger partial charge in [0.1, 0.15) is 0 Å². The lowest BCUT2D eigenvalue weighted by Gasteiger charge is -2.09. The maximum absolute atomic E-state index is 5.85. The SMILES string of the molecule is CC[C@@H](Cl)C[C@@H](Cl)CC. The highest BCUT2D eigenvalue weighted by atomic mass is 35.5. The van der Waals surface area contributed by atoms with E-state index in [1.165, 1.54) is 0 Å². The third-order valence-electron chi connectivity index (χ3n) is 1.40. The van der Waals surface area contributed by atoms with Crippen molar-refractivity contribution >= 4 is 23.2 Å². The van der Waals surface area contributed by atoms with Gasteiger partial charge in [-0.25, -0.2) is 0 Å². The molecular formula is C7H14Cl2. The minimum atomic E-state index is 0.271. The van der Waals surface area contributed by atoms with Gasteiger partial charge in [0, 0.05) is 10.8 Å². The molecule has 0 aromatic heterocycles. The Morgan fingerprint density at radius 3 is 1.56 bits per heavy atom. The lowest BCUT2D eigenvalue weighted by atomic mass is 10.1. The molecule has 56 valence electrons. The largest absolute Gasteiger partial charge is 0.123 e. The zero-order valence-electron chi connectivity index (χ0n) is 6.03. The second kappa shape index (κ2) is 5.37. The van der Waals surface area contributed by atoms with Crippen LogP contribution < -0.4 is 0 Å². The Kier molecular flexibility index (Phi) is 5.72. The van der Waals surface area contributed by atoms with Crippen LogP contribution in [0.4, 0.5) is 0 Å². The van der Waals surface area contributed by atoms with Crippen LogP contribution in [0.25, 0.3) is 0 Å². The van der Waals surface area contributed by atoms with E-state index in [2.05, 4.69) is 13.8 Å². The lowest BCUT2D eigenvalue weighted by molar-refractivity contribution is 0.671. The van der Waals surface area contributed by atoms with Crippen molar-refractivity contribution in [3.8, 4) is 0 Å². The summed E-state index contributed by atoms with van der Waals surface area (Å²) in [7, 11) is 0. The van der Waals surface area contributed by atoms with E-state index < -0.39 is 0 Å². The summed E-state index contributed by atoms with van der Waals surface area (Å²) >= 11 is 11.7. The predicted octanol–water partition coefficient (Wildman–Crippen LogP) is 3.41. The molecule has 2 atom stereocenters. The van der Waals surface area contributed by atoms with E-state index in [4.69, 9.17) is 23.2 Å². The summed E-state index contributed by atoms with van der Waals surface area (Å²) in [4.78, 5) is 0. The molecule has 0 fully saturated rings. The normalized spacial score (nSPS) is 17.3. The lowest BCUT2D eigenvalue weighted by Crippen LogP contribution is -2.05. The van der Waals surface area contributed by atoms with Gasteiger partial charge < -0.3 is 0 Å². The molecule has 0 saturated carbocycles. The topological polar surface area (TPSA) is 0 Å². The molecule has 0 aliphatic carbocycles. The van der Waals surface area contributed by atoms with Crippen molar-refractivity contribution < 1.29 is 0 Å². The van der Waals surface area contributed by atoms with Crippen LogP contribution in [0.1, 0.15) is 33.1 Å². The number of alkyl halides is 2. The van der Waals surface area contributed by atoms with Crippen LogP contribution in [-0.2, 0) is 0 Å². The maximum Gasteiger partial charge on any atom is 0.0347 e. The van der Waals surface area contributed by atoms with Gasteiger partial charge in [-0.1, -0.05) is 13.8 Å². The van der Waals surface area contributed by atoms with E-state index in [9.17, 15) is 0 Å². The summed E-state index contributed by atoms with van der Waals surface area (Å²) in [5.74, 6) is 0. The molecule has 0 aromatic carbocycles. The van der Waals surface area contributed by atoms with Crippen molar-refractivity contribution in [2.75, 3.05) is 0 Å². The molecule has 0 nitrogen and oxygen atoms in total. The molecule has 0 heterocycles. The quantitative estimate of drug-likeness (QED) is 0.565. The minimum absolute atomic E-state index is 0.271. The molecule has 0 spiro atoms. The van der Waals surface area contributed by atoms with E-state index in [0.717, 1.165) is 19.3 Å². The molecule has 0 rings (SSSR count). The highest BCUT2D eigenvalue weighted by Gasteiger charge is 2.07. The molecule has 2 heteroatoms. The summed E-state index contributed by atoms with van der Waals surface area (Å²) in [6.45, 7) is 4.16. The Morgan fingerprint density at radius 2 is 1.33 bits per heavy atom. The standard InChI is InChI=1S/C7H14Cl2/c1-3-6(8)5-7(9)4-2/h6-7H,3-5H2,1-2H3/t6-,7+. The molecule has 0 aliphatic heterocycles. The predicted molar refractivity (Wildman–Crippen MR) is 44.5 cm³/mol. The van der Waals surface area contributed by atoms with Crippen LogP contribution in [-0.4, -0.2) is 10.8 Å². The summed E-state index contributed by atoms with van der Waals surface area (Å²) in [5.41, 5.74) is 0. The fourth-order valence-electron chi connectivity index (χ4n) is 0.611. The van der Waals surface area contributed by atoms with E-state index in [0.29, 0.717) is 0 Å². The van der Waals surface area contributed by atoms with E-state index >= 15 is 0 Å². The van der Waals surface area contributed by atoms with Crippen LogP contribution in [0.2, 0.25) is 0 Å². The van der Waals surface area contributed by atoms with E-state index in [1.54, 1.807) is 0 Å². The molecular weight excluding hydrogens is 155 g/mol. The fourth-order valence-corrected chi connectivity index (χ4v) is 1.13. The Bertz CT molecular complexity index is 55.9. The number of halogens is 2. The second-order valence-corrected chi connectivity index (χ2v) is 3.48. The van der Waals surface area contributed by atoms with Crippen LogP contribution in [0.5, 0.6) is 0 Å². The van der Waals surface area contributed by atoms with Crippen LogP contribution >= 0.6 is 23.2 Å². The Labute approximate surface area is 67.5 Å². The smallest absolute Gasteiger partial charge is 0.0347 e. The fraction of sp³-hybridized carbons (Fsp3) is 1.00. The van der Waals surface area contributed by atoms with Crippen LogP contribution in [0.3, 0.4) is 0 Å². The summed E-state index contributed by atoms with van der Waals surface area (Å²) in [6.07, 6.45) is 2.98. The van der Waals surface area contributed by atoms with Gasteiger partial charge in [-0.15, -0.1) is 23.2 Å². The molecule has 0 radical (unpaired) electrons. The Hall–Kier alpha value is 0.580. The van der Waals surface area contributed by atoms with Gasteiger partial charge in [0.25, 0.3) is 0 Å². The van der Waals surface area contributed by atoms with Gasteiger partial charge in [0.2, 0.25) is 0 Å². The molecule has 0 unspecified atom stereocenters. The van der Waals surface area contributed by atoms with Gasteiger partial charge in [-0.05, 0) is 19.3 Å². The number of hydrogen-bond acceptors (Lipinski definition) is 0. The first-order valence-electron chi connectivity index (χ1n) is 3.48. The van der Waals surface area contributed by atoms with Crippen molar-refractivity contribution in [3.05, 3.63) is 0 Å². The third kappa shape index (κ3) is 5.05. The van der Waals surface area contributed by atoms with Crippen molar-refractivity contribution in [2.45, 2.75) is 43.9 Å². The van der Waals surface area contributed by atoms with Gasteiger partial charge in [-0.3, -0.25) is 0 Å². The first kappa shape index (κ1) is 9.58. The van der Waals surface area contributed by atoms with Crippen molar-refractivity contribution in [1.29, 1.82) is 0 Å². The third-order valence-corrected chi connectivity index (χ3v) is 2.37. The molecule has 0 aromatic rings. The first-order chi connectivity index (χ1) is 4.20. The van der Waals surface area contributed by atoms with Crippen molar-refractivity contribution in [2.24, 2.45) is 0 Å². The summed E-state index contributed by atoms with van der Waals surface area (Å²) < 4.78 is 0. The van der Waals surface area contributed by atoms with Crippen LogP contribution in [0.15, 0.2) is 0 Å². The monoisotopic (exact) mass is 168 g/mol. The molecule has 0 N–H and O–H groups in total. The average Bonchev–Trinajstić information content (AvgIpc) is 1.87. The zero-order chi connectivity index (χ0) is 7.28. The Balaban J connectivity index is 3.22. The second-order valence-electron chi connectivity index (χ2n) is 2.25. The Morgan fingerprint density at radius 1 is 1.00 bits per heavy atom. The molecule has 0 bridgehead atoms. The first-order valence-corrected chi connectivity index (χ1v) is 4.36. The van der Waals surface area contributed by atoms with Gasteiger partial charge in [-0.2, -0.15) is 0 Å². The van der Waals surface area contributed by atoms with Gasteiger partial charge in [0.05, 0.1) is 0 Å². The average molecular weight is 169 g/mol. The highest BCUT2D eigenvalue weighted by Crippen LogP contribution is 2.15. The molecule has 0 aliphatic rings. The van der Waals surface area contributed by atoms with Crippen molar-refractivity contribution in [1.82, 2.24) is 0 Å². The zero-order valence-corrected chi connectivity index (χ0v) is 7.54. The van der Waals surface area contributed by atoms with E-state index in [1.807, 2.05) is 0 Å². The summed E-state index contributed by atoms with van der Waals surface area (Å²) in [5, 5.41) is 0.542. The van der Waals surface area contributed by atoms with Crippen LogP contribution in [0, 0.1) is 0 Å². The minimum Gasteiger partial charge on any atom is -0.123 e.